The molecule has 0 spiro atoms. The first-order valence-corrected chi connectivity index (χ1v) is 6.69. The molecule has 0 aliphatic carbocycles. The fourth-order valence-corrected chi connectivity index (χ4v) is 1.94. The molecular weight excluding hydrogens is 284 g/mol. The van der Waals surface area contributed by atoms with E-state index < -0.39 is 0 Å². The maximum Gasteiger partial charge on any atom is 0.179 e. The number of halogens is 1. The van der Waals surface area contributed by atoms with E-state index in [2.05, 4.69) is 4.90 Å². The highest BCUT2D eigenvalue weighted by Crippen LogP contribution is 2.36. The van der Waals surface area contributed by atoms with Crippen molar-refractivity contribution in [1.82, 2.24) is 4.90 Å². The number of nitrogens with two attached hydrogens (primary N) is 1. The SMILES string of the molecule is COc1cc(C(N)=S)cc(Cl)c1OCCCN(C)C. The number of hydrogen-bond donors (Lipinski definition) is 1. The van der Waals surface area contributed by atoms with Crippen LogP contribution in [0, 0.1) is 0 Å². The van der Waals surface area contributed by atoms with Crippen LogP contribution in [0.4, 0.5) is 0 Å². The zero-order chi connectivity index (χ0) is 14.4. The number of ether oxygens (including phenoxy) is 2. The smallest absolute Gasteiger partial charge is 0.179 e. The van der Waals surface area contributed by atoms with Crippen molar-refractivity contribution in [3.63, 3.8) is 0 Å². The fraction of sp³-hybridized carbons (Fsp3) is 0.462. The third kappa shape index (κ3) is 4.86. The minimum Gasteiger partial charge on any atom is -0.493 e. The Bertz CT molecular complexity index is 453. The highest BCUT2D eigenvalue weighted by atomic mass is 35.5. The lowest BCUT2D eigenvalue weighted by molar-refractivity contribution is 0.268. The molecule has 106 valence electrons. The van der Waals surface area contributed by atoms with Crippen LogP contribution in [0.25, 0.3) is 0 Å². The van der Waals surface area contributed by atoms with Crippen LogP contribution in [-0.4, -0.2) is 44.2 Å². The molecule has 0 radical (unpaired) electrons. The van der Waals surface area contributed by atoms with Gasteiger partial charge in [0.25, 0.3) is 0 Å². The Hall–Kier alpha value is -1.04. The van der Waals surface area contributed by atoms with E-state index in [9.17, 15) is 0 Å². The molecule has 0 saturated heterocycles. The Morgan fingerprint density at radius 1 is 1.42 bits per heavy atom. The molecule has 0 fully saturated rings. The molecule has 0 unspecified atom stereocenters. The molecule has 0 aliphatic heterocycles. The Morgan fingerprint density at radius 3 is 2.63 bits per heavy atom. The molecule has 0 heterocycles. The first-order valence-electron chi connectivity index (χ1n) is 5.90. The standard InChI is InChI=1S/C13H19ClN2O2S/c1-16(2)5-4-6-18-12-10(14)7-9(13(15)19)8-11(12)17-3/h7-8H,4-6H2,1-3H3,(H2,15,19). The Balaban J connectivity index is 2.79. The average molecular weight is 303 g/mol. The summed E-state index contributed by atoms with van der Waals surface area (Å²) in [5, 5.41) is 0.451. The topological polar surface area (TPSA) is 47.7 Å². The molecule has 0 bridgehead atoms. The zero-order valence-electron chi connectivity index (χ0n) is 11.4. The van der Waals surface area contributed by atoms with Gasteiger partial charge in [-0.15, -0.1) is 0 Å². The van der Waals surface area contributed by atoms with Crippen molar-refractivity contribution in [3.8, 4) is 11.5 Å². The lowest BCUT2D eigenvalue weighted by Gasteiger charge is -2.15. The van der Waals surface area contributed by atoms with Crippen molar-refractivity contribution in [2.24, 2.45) is 5.73 Å². The van der Waals surface area contributed by atoms with Gasteiger partial charge in [0.05, 0.1) is 18.7 Å². The van der Waals surface area contributed by atoms with Gasteiger partial charge in [0.2, 0.25) is 0 Å². The normalized spacial score (nSPS) is 10.6. The largest absolute Gasteiger partial charge is 0.493 e. The van der Waals surface area contributed by atoms with Gasteiger partial charge in [0.1, 0.15) is 4.99 Å². The van der Waals surface area contributed by atoms with Crippen LogP contribution in [0.5, 0.6) is 11.5 Å². The van der Waals surface area contributed by atoms with E-state index in [1.54, 1.807) is 19.2 Å². The van der Waals surface area contributed by atoms with Crippen molar-refractivity contribution < 1.29 is 9.47 Å². The minimum atomic E-state index is 0.277. The van der Waals surface area contributed by atoms with Gasteiger partial charge in [-0.3, -0.25) is 0 Å². The molecular formula is C13H19ClN2O2S. The first kappa shape index (κ1) is 16.0. The number of benzene rings is 1. The summed E-state index contributed by atoms with van der Waals surface area (Å²) in [5.74, 6) is 1.07. The van der Waals surface area contributed by atoms with Gasteiger partial charge in [0, 0.05) is 12.1 Å². The van der Waals surface area contributed by atoms with Gasteiger partial charge in [-0.2, -0.15) is 0 Å². The molecule has 6 heteroatoms. The predicted octanol–water partition coefficient (Wildman–Crippen LogP) is 2.31. The minimum absolute atomic E-state index is 0.277. The maximum atomic E-state index is 6.17. The van der Waals surface area contributed by atoms with E-state index in [0.717, 1.165) is 13.0 Å². The second kappa shape index (κ2) is 7.53. The van der Waals surface area contributed by atoms with E-state index in [-0.39, 0.29) is 4.99 Å². The van der Waals surface area contributed by atoms with E-state index in [4.69, 9.17) is 39.0 Å². The van der Waals surface area contributed by atoms with Crippen LogP contribution in [0.15, 0.2) is 12.1 Å². The van der Waals surface area contributed by atoms with E-state index in [0.29, 0.717) is 28.7 Å². The quantitative estimate of drug-likeness (QED) is 0.619. The van der Waals surface area contributed by atoms with Gasteiger partial charge >= 0.3 is 0 Å². The summed E-state index contributed by atoms with van der Waals surface area (Å²) < 4.78 is 10.9. The summed E-state index contributed by atoms with van der Waals surface area (Å²) in [6, 6.07) is 3.42. The third-order valence-electron chi connectivity index (χ3n) is 2.51. The lowest BCUT2D eigenvalue weighted by atomic mass is 10.2. The summed E-state index contributed by atoms with van der Waals surface area (Å²) in [5.41, 5.74) is 6.25. The molecule has 1 aromatic rings. The number of hydrogen-bond acceptors (Lipinski definition) is 4. The molecule has 0 atom stereocenters. The van der Waals surface area contributed by atoms with Gasteiger partial charge in [-0.25, -0.2) is 0 Å². The molecule has 4 nitrogen and oxygen atoms in total. The lowest BCUT2D eigenvalue weighted by Crippen LogP contribution is -2.16. The highest BCUT2D eigenvalue weighted by molar-refractivity contribution is 7.80. The van der Waals surface area contributed by atoms with Gasteiger partial charge in [-0.1, -0.05) is 23.8 Å². The van der Waals surface area contributed by atoms with Crippen LogP contribution in [0.1, 0.15) is 12.0 Å². The fourth-order valence-electron chi connectivity index (χ4n) is 1.56. The first-order chi connectivity index (χ1) is 8.95. The second-order valence-corrected chi connectivity index (χ2v) is 5.21. The number of thiocarbonyl (C=S) groups is 1. The maximum absolute atomic E-state index is 6.17. The molecule has 0 saturated carbocycles. The van der Waals surface area contributed by atoms with Crippen molar-refractivity contribution in [2.45, 2.75) is 6.42 Å². The second-order valence-electron chi connectivity index (χ2n) is 4.36. The molecule has 1 rings (SSSR count). The Labute approximate surface area is 124 Å². The van der Waals surface area contributed by atoms with Crippen molar-refractivity contribution in [3.05, 3.63) is 22.7 Å². The zero-order valence-corrected chi connectivity index (χ0v) is 13.0. The van der Waals surface area contributed by atoms with E-state index in [1.165, 1.54) is 0 Å². The molecule has 2 N–H and O–H groups in total. The van der Waals surface area contributed by atoms with Crippen LogP contribution in [0.2, 0.25) is 5.02 Å². The molecule has 1 aromatic carbocycles. The van der Waals surface area contributed by atoms with Crippen LogP contribution in [-0.2, 0) is 0 Å². The average Bonchev–Trinajstić information content (AvgIpc) is 2.34. The van der Waals surface area contributed by atoms with Crippen LogP contribution < -0.4 is 15.2 Å². The third-order valence-corrected chi connectivity index (χ3v) is 3.03. The summed E-state index contributed by atoms with van der Waals surface area (Å²) in [6.45, 7) is 1.52. The highest BCUT2D eigenvalue weighted by Gasteiger charge is 2.13. The Morgan fingerprint density at radius 2 is 2.11 bits per heavy atom. The van der Waals surface area contributed by atoms with Gasteiger partial charge in [-0.05, 0) is 32.6 Å². The van der Waals surface area contributed by atoms with Gasteiger partial charge in [0.15, 0.2) is 11.5 Å². The molecule has 0 amide bonds. The van der Waals surface area contributed by atoms with Crippen molar-refractivity contribution in [2.75, 3.05) is 34.4 Å². The monoisotopic (exact) mass is 302 g/mol. The number of methoxy groups -OCH3 is 1. The Kier molecular flexibility index (Phi) is 6.34. The van der Waals surface area contributed by atoms with Crippen molar-refractivity contribution >= 4 is 28.8 Å². The van der Waals surface area contributed by atoms with E-state index >= 15 is 0 Å². The molecule has 19 heavy (non-hydrogen) atoms. The number of rotatable bonds is 7. The predicted molar refractivity (Wildman–Crippen MR) is 82.6 cm³/mol. The van der Waals surface area contributed by atoms with E-state index in [1.807, 2.05) is 14.1 Å². The summed E-state index contributed by atoms with van der Waals surface area (Å²) in [6.07, 6.45) is 0.906. The van der Waals surface area contributed by atoms with Crippen molar-refractivity contribution in [1.29, 1.82) is 0 Å². The summed E-state index contributed by atoms with van der Waals surface area (Å²) in [7, 11) is 5.59. The summed E-state index contributed by atoms with van der Waals surface area (Å²) in [4.78, 5) is 2.37. The van der Waals surface area contributed by atoms with Crippen LogP contribution >= 0.6 is 23.8 Å². The number of nitrogens with zero attached hydrogens (tertiary/aromatic N) is 1. The molecule has 0 aliphatic rings. The van der Waals surface area contributed by atoms with Gasteiger partial charge < -0.3 is 20.1 Å². The van der Waals surface area contributed by atoms with Crippen LogP contribution in [0.3, 0.4) is 0 Å². The molecule has 0 aromatic heterocycles. The summed E-state index contributed by atoms with van der Waals surface area (Å²) >= 11 is 11.1.